The standard InChI is InChI=1S/C21H30N2O3S/c1-17(24)18-5-7-20(8-6-18)27(25,26)23-15-11-21(12-16-23)9-13-22(14-10-21)19-3-2-4-19/h5-8,19H,2-4,9-16H2,1H3. The zero-order valence-electron chi connectivity index (χ0n) is 16.2. The third kappa shape index (κ3) is 3.71. The van der Waals surface area contributed by atoms with Crippen LogP contribution in [-0.4, -0.2) is 55.6 Å². The number of carbonyl (C=O) groups is 1. The van der Waals surface area contributed by atoms with Gasteiger partial charge in [0.1, 0.15) is 0 Å². The maximum atomic E-state index is 13.0. The molecule has 1 spiro atoms. The molecule has 4 rings (SSSR count). The Kier molecular flexibility index (Phi) is 5.16. The van der Waals surface area contributed by atoms with Gasteiger partial charge in [0.05, 0.1) is 4.90 Å². The van der Waals surface area contributed by atoms with Gasteiger partial charge in [-0.2, -0.15) is 4.31 Å². The normalized spacial score (nSPS) is 24.6. The average molecular weight is 391 g/mol. The first kappa shape index (κ1) is 19.1. The molecule has 0 N–H and O–H groups in total. The predicted octanol–water partition coefficient (Wildman–Crippen LogP) is 3.31. The number of carbonyl (C=O) groups excluding carboxylic acids is 1. The van der Waals surface area contributed by atoms with E-state index in [9.17, 15) is 13.2 Å². The zero-order chi connectivity index (χ0) is 19.1. The zero-order valence-corrected chi connectivity index (χ0v) is 17.0. The summed E-state index contributed by atoms with van der Waals surface area (Å²) >= 11 is 0. The summed E-state index contributed by atoms with van der Waals surface area (Å²) in [5, 5.41) is 0. The van der Waals surface area contributed by atoms with Crippen LogP contribution in [0.25, 0.3) is 0 Å². The first-order chi connectivity index (χ1) is 12.9. The number of hydrogen-bond acceptors (Lipinski definition) is 4. The van der Waals surface area contributed by atoms with E-state index in [2.05, 4.69) is 4.90 Å². The summed E-state index contributed by atoms with van der Waals surface area (Å²) in [6.45, 7) is 5.08. The Morgan fingerprint density at radius 2 is 1.52 bits per heavy atom. The molecule has 2 aliphatic heterocycles. The lowest BCUT2D eigenvalue weighted by Gasteiger charge is -2.49. The highest BCUT2D eigenvalue weighted by atomic mass is 32.2. The number of benzene rings is 1. The van der Waals surface area contributed by atoms with Gasteiger partial charge < -0.3 is 4.90 Å². The largest absolute Gasteiger partial charge is 0.300 e. The van der Waals surface area contributed by atoms with Gasteiger partial charge in [-0.1, -0.05) is 18.6 Å². The number of likely N-dealkylation sites (tertiary alicyclic amines) is 1. The third-order valence-corrected chi connectivity index (χ3v) is 9.04. The molecular formula is C21H30N2O3S. The Morgan fingerprint density at radius 1 is 0.963 bits per heavy atom. The molecule has 1 saturated carbocycles. The second-order valence-electron chi connectivity index (χ2n) is 8.61. The molecule has 3 fully saturated rings. The maximum absolute atomic E-state index is 13.0. The van der Waals surface area contributed by atoms with Gasteiger partial charge in [0.25, 0.3) is 0 Å². The molecule has 0 amide bonds. The third-order valence-electron chi connectivity index (χ3n) is 7.13. The molecule has 0 aromatic heterocycles. The van der Waals surface area contributed by atoms with Gasteiger partial charge in [0.15, 0.2) is 5.78 Å². The fraction of sp³-hybridized carbons (Fsp3) is 0.667. The number of piperidine rings is 2. The van der Waals surface area contributed by atoms with Crippen molar-refractivity contribution in [1.29, 1.82) is 0 Å². The lowest BCUT2D eigenvalue weighted by Crippen LogP contribution is -2.51. The number of Topliss-reactive ketones (excluding diaryl/α,β-unsaturated/α-hetero) is 1. The first-order valence-electron chi connectivity index (χ1n) is 10.2. The highest BCUT2D eigenvalue weighted by Crippen LogP contribution is 2.43. The number of nitrogens with zero attached hydrogens (tertiary/aromatic N) is 2. The second kappa shape index (κ2) is 7.30. The molecule has 6 heteroatoms. The highest BCUT2D eigenvalue weighted by molar-refractivity contribution is 7.89. The van der Waals surface area contributed by atoms with Crippen molar-refractivity contribution >= 4 is 15.8 Å². The van der Waals surface area contributed by atoms with Crippen molar-refractivity contribution in [1.82, 2.24) is 9.21 Å². The topological polar surface area (TPSA) is 57.7 Å². The number of hydrogen-bond donors (Lipinski definition) is 0. The molecule has 148 valence electrons. The summed E-state index contributed by atoms with van der Waals surface area (Å²) in [6.07, 6.45) is 8.47. The molecule has 27 heavy (non-hydrogen) atoms. The van der Waals surface area contributed by atoms with E-state index in [1.807, 2.05) is 0 Å². The van der Waals surface area contributed by atoms with Crippen molar-refractivity contribution in [3.05, 3.63) is 29.8 Å². The summed E-state index contributed by atoms with van der Waals surface area (Å²) in [7, 11) is -3.47. The number of ketones is 1. The van der Waals surface area contributed by atoms with E-state index in [1.165, 1.54) is 52.1 Å². The molecular weight excluding hydrogens is 360 g/mol. The van der Waals surface area contributed by atoms with E-state index in [-0.39, 0.29) is 5.78 Å². The van der Waals surface area contributed by atoms with Crippen LogP contribution >= 0.6 is 0 Å². The van der Waals surface area contributed by atoms with Gasteiger partial charge in [-0.05, 0) is 76.1 Å². The highest BCUT2D eigenvalue weighted by Gasteiger charge is 2.41. The lowest BCUT2D eigenvalue weighted by atomic mass is 9.71. The molecule has 2 heterocycles. The van der Waals surface area contributed by atoms with Crippen molar-refractivity contribution in [3.8, 4) is 0 Å². The molecule has 2 saturated heterocycles. The van der Waals surface area contributed by atoms with Crippen LogP contribution in [0, 0.1) is 5.41 Å². The van der Waals surface area contributed by atoms with Crippen LogP contribution in [0.1, 0.15) is 62.2 Å². The minimum atomic E-state index is -3.47. The molecule has 0 atom stereocenters. The SMILES string of the molecule is CC(=O)c1ccc(S(=O)(=O)N2CCC3(CCN(C4CCC4)CC3)CC2)cc1. The molecule has 0 radical (unpaired) electrons. The van der Waals surface area contributed by atoms with Gasteiger partial charge in [-0.15, -0.1) is 0 Å². The van der Waals surface area contributed by atoms with E-state index in [0.717, 1.165) is 18.9 Å². The Balaban J connectivity index is 1.37. The van der Waals surface area contributed by atoms with E-state index < -0.39 is 10.0 Å². The summed E-state index contributed by atoms with van der Waals surface area (Å²) < 4.78 is 27.6. The molecule has 3 aliphatic rings. The van der Waals surface area contributed by atoms with Crippen LogP contribution in [0.15, 0.2) is 29.2 Å². The number of rotatable bonds is 4. The van der Waals surface area contributed by atoms with E-state index in [1.54, 1.807) is 28.6 Å². The van der Waals surface area contributed by atoms with Gasteiger partial charge in [0.2, 0.25) is 10.0 Å². The molecule has 0 unspecified atom stereocenters. The second-order valence-corrected chi connectivity index (χ2v) is 10.5. The molecule has 0 bridgehead atoms. The first-order valence-corrected chi connectivity index (χ1v) is 11.7. The van der Waals surface area contributed by atoms with E-state index in [4.69, 9.17) is 0 Å². The van der Waals surface area contributed by atoms with Crippen molar-refractivity contribution < 1.29 is 13.2 Å². The smallest absolute Gasteiger partial charge is 0.243 e. The van der Waals surface area contributed by atoms with Crippen LogP contribution < -0.4 is 0 Å². The van der Waals surface area contributed by atoms with Crippen LogP contribution in [0.4, 0.5) is 0 Å². The van der Waals surface area contributed by atoms with Crippen molar-refractivity contribution in [2.75, 3.05) is 26.2 Å². The van der Waals surface area contributed by atoms with Gasteiger partial charge >= 0.3 is 0 Å². The van der Waals surface area contributed by atoms with Crippen LogP contribution in [-0.2, 0) is 10.0 Å². The lowest BCUT2D eigenvalue weighted by molar-refractivity contribution is 0.0175. The Bertz CT molecular complexity index is 781. The average Bonchev–Trinajstić information content (AvgIpc) is 2.63. The Labute approximate surface area is 162 Å². The van der Waals surface area contributed by atoms with Gasteiger partial charge in [-0.3, -0.25) is 4.79 Å². The summed E-state index contributed by atoms with van der Waals surface area (Å²) in [5.41, 5.74) is 0.884. The Hall–Kier alpha value is -1.24. The monoisotopic (exact) mass is 390 g/mol. The number of sulfonamides is 1. The minimum absolute atomic E-state index is 0.0490. The summed E-state index contributed by atoms with van der Waals surface area (Å²) in [5.74, 6) is -0.0490. The summed E-state index contributed by atoms with van der Waals surface area (Å²) in [6, 6.07) is 7.16. The van der Waals surface area contributed by atoms with Crippen molar-refractivity contribution in [2.45, 2.75) is 62.8 Å². The van der Waals surface area contributed by atoms with Crippen molar-refractivity contribution in [3.63, 3.8) is 0 Å². The summed E-state index contributed by atoms with van der Waals surface area (Å²) in [4.78, 5) is 14.4. The van der Waals surface area contributed by atoms with Crippen LogP contribution in [0.2, 0.25) is 0 Å². The fourth-order valence-electron chi connectivity index (χ4n) is 4.83. The van der Waals surface area contributed by atoms with Crippen LogP contribution in [0.5, 0.6) is 0 Å². The van der Waals surface area contributed by atoms with Gasteiger partial charge in [-0.25, -0.2) is 8.42 Å². The van der Waals surface area contributed by atoms with E-state index >= 15 is 0 Å². The predicted molar refractivity (Wildman–Crippen MR) is 105 cm³/mol. The van der Waals surface area contributed by atoms with Crippen LogP contribution in [0.3, 0.4) is 0 Å². The maximum Gasteiger partial charge on any atom is 0.243 e. The molecule has 5 nitrogen and oxygen atoms in total. The molecule has 1 aromatic carbocycles. The van der Waals surface area contributed by atoms with E-state index in [0.29, 0.717) is 29.0 Å². The molecule has 1 aromatic rings. The minimum Gasteiger partial charge on any atom is -0.300 e. The molecule has 1 aliphatic carbocycles. The Morgan fingerprint density at radius 3 is 2.00 bits per heavy atom. The fourth-order valence-corrected chi connectivity index (χ4v) is 6.27. The van der Waals surface area contributed by atoms with Crippen molar-refractivity contribution in [2.24, 2.45) is 5.41 Å². The quantitative estimate of drug-likeness (QED) is 0.740. The van der Waals surface area contributed by atoms with Gasteiger partial charge in [0, 0.05) is 24.7 Å².